The summed E-state index contributed by atoms with van der Waals surface area (Å²) in [6, 6.07) is 11.8. The molecule has 3 atom stereocenters. The van der Waals surface area contributed by atoms with Gasteiger partial charge in [0.2, 0.25) is 5.88 Å². The molecule has 3 aromatic heterocycles. The van der Waals surface area contributed by atoms with Gasteiger partial charge in [0, 0.05) is 42.6 Å². The molecule has 3 aliphatic heterocycles. The van der Waals surface area contributed by atoms with Crippen molar-refractivity contribution >= 4 is 5.82 Å². The van der Waals surface area contributed by atoms with Gasteiger partial charge in [0.1, 0.15) is 35.8 Å². The Labute approximate surface area is 205 Å². The number of benzene rings is 1. The summed E-state index contributed by atoms with van der Waals surface area (Å²) in [5.74, 6) is 1.68. The lowest BCUT2D eigenvalue weighted by Crippen LogP contribution is -2.48. The first-order valence-electron chi connectivity index (χ1n) is 11.8. The topological polar surface area (TPSA) is 95.5 Å². The smallest absolute Gasteiger partial charge is 0.349 e. The van der Waals surface area contributed by atoms with Crippen LogP contribution >= 0.6 is 0 Å². The van der Waals surface area contributed by atoms with Crippen LogP contribution in [0.15, 0.2) is 64.2 Å². The van der Waals surface area contributed by atoms with Crippen LogP contribution in [-0.2, 0) is 17.9 Å². The Morgan fingerprint density at radius 3 is 2.83 bits per heavy atom. The minimum atomic E-state index is -0.312. The van der Waals surface area contributed by atoms with Gasteiger partial charge < -0.3 is 18.9 Å². The van der Waals surface area contributed by atoms with E-state index in [0.29, 0.717) is 23.9 Å². The highest BCUT2D eigenvalue weighted by molar-refractivity contribution is 5.63. The number of pyridine rings is 1. The molecular formula is C26H22FN5O4. The van der Waals surface area contributed by atoms with Crippen molar-refractivity contribution in [3.8, 4) is 17.1 Å². The number of morpholine rings is 1. The molecule has 182 valence electrons. The summed E-state index contributed by atoms with van der Waals surface area (Å²) < 4.78 is 32.7. The Bertz CT molecular complexity index is 1520. The van der Waals surface area contributed by atoms with Gasteiger partial charge in [-0.2, -0.15) is 0 Å². The fraction of sp³-hybridized carbons (Fsp3) is 0.308. The van der Waals surface area contributed by atoms with Crippen molar-refractivity contribution in [3.05, 3.63) is 88.0 Å². The van der Waals surface area contributed by atoms with Crippen molar-refractivity contribution in [3.63, 3.8) is 0 Å². The number of halogens is 1. The lowest BCUT2D eigenvalue weighted by atomic mass is 9.88. The van der Waals surface area contributed by atoms with E-state index in [1.165, 1.54) is 12.1 Å². The van der Waals surface area contributed by atoms with Crippen LogP contribution in [0.25, 0.3) is 11.3 Å². The molecule has 3 unspecified atom stereocenters. The average Bonchev–Trinajstić information content (AvgIpc) is 3.62. The molecule has 0 saturated carbocycles. The SMILES string of the molecule is Cc1onc(-c2ccc(F)cc2)c1COc1ccc(C2OC3CN4c5ccnc(=O)n5CC24C3)cn1. The number of nitrogens with zero attached hydrogens (tertiary/aromatic N) is 5. The van der Waals surface area contributed by atoms with Gasteiger partial charge in [-0.05, 0) is 43.3 Å². The van der Waals surface area contributed by atoms with Crippen LogP contribution < -0.4 is 15.3 Å². The number of rotatable bonds is 5. The maximum atomic E-state index is 13.3. The quantitative estimate of drug-likeness (QED) is 0.423. The Balaban J connectivity index is 1.10. The van der Waals surface area contributed by atoms with Crippen molar-refractivity contribution in [2.24, 2.45) is 0 Å². The predicted octanol–water partition coefficient (Wildman–Crippen LogP) is 3.42. The zero-order chi connectivity index (χ0) is 24.4. The first-order chi connectivity index (χ1) is 17.5. The minimum Gasteiger partial charge on any atom is -0.473 e. The number of aryl methyl sites for hydroxylation is 1. The highest BCUT2D eigenvalue weighted by atomic mass is 19.1. The van der Waals surface area contributed by atoms with Gasteiger partial charge in [-0.15, -0.1) is 0 Å². The number of ether oxygens (including phenoxy) is 2. The fourth-order valence-corrected chi connectivity index (χ4v) is 5.81. The Morgan fingerprint density at radius 1 is 1.17 bits per heavy atom. The van der Waals surface area contributed by atoms with Crippen LogP contribution in [0, 0.1) is 12.7 Å². The van der Waals surface area contributed by atoms with E-state index in [-0.39, 0.29) is 35.9 Å². The molecule has 0 amide bonds. The molecule has 36 heavy (non-hydrogen) atoms. The third-order valence-electron chi connectivity index (χ3n) is 7.47. The maximum Gasteiger partial charge on any atom is 0.349 e. The summed E-state index contributed by atoms with van der Waals surface area (Å²) in [7, 11) is 0. The molecule has 0 N–H and O–H groups in total. The highest BCUT2D eigenvalue weighted by Crippen LogP contribution is 2.55. The Hall–Kier alpha value is -4.05. The summed E-state index contributed by atoms with van der Waals surface area (Å²) in [5.41, 5.74) is 2.54. The second-order valence-electron chi connectivity index (χ2n) is 9.52. The van der Waals surface area contributed by atoms with E-state index in [1.807, 2.05) is 25.1 Å². The summed E-state index contributed by atoms with van der Waals surface area (Å²) in [6.45, 7) is 3.34. The number of hydrogen-bond acceptors (Lipinski definition) is 8. The van der Waals surface area contributed by atoms with E-state index in [0.717, 1.165) is 35.5 Å². The molecule has 6 heterocycles. The van der Waals surface area contributed by atoms with E-state index < -0.39 is 0 Å². The molecular weight excluding hydrogens is 465 g/mol. The second kappa shape index (κ2) is 7.72. The molecule has 2 bridgehead atoms. The maximum absolute atomic E-state index is 13.3. The van der Waals surface area contributed by atoms with Crippen LogP contribution in [0.2, 0.25) is 0 Å². The minimum absolute atomic E-state index is 0.115. The third-order valence-corrected chi connectivity index (χ3v) is 7.47. The largest absolute Gasteiger partial charge is 0.473 e. The molecule has 2 fully saturated rings. The molecule has 9 nitrogen and oxygen atoms in total. The molecule has 10 heteroatoms. The zero-order valence-electron chi connectivity index (χ0n) is 19.4. The molecule has 3 aliphatic rings. The van der Waals surface area contributed by atoms with Crippen molar-refractivity contribution in [1.29, 1.82) is 0 Å². The highest BCUT2D eigenvalue weighted by Gasteiger charge is 2.62. The third kappa shape index (κ3) is 3.10. The summed E-state index contributed by atoms with van der Waals surface area (Å²) in [6.07, 6.45) is 4.11. The average molecular weight is 487 g/mol. The van der Waals surface area contributed by atoms with Crippen LogP contribution in [0.3, 0.4) is 0 Å². The van der Waals surface area contributed by atoms with Gasteiger partial charge in [0.25, 0.3) is 0 Å². The molecule has 1 spiro atoms. The van der Waals surface area contributed by atoms with Gasteiger partial charge in [-0.1, -0.05) is 5.16 Å². The molecule has 4 aromatic rings. The Kier molecular flexibility index (Phi) is 4.56. The number of fused-ring (bicyclic) bond motifs is 3. The second-order valence-corrected chi connectivity index (χ2v) is 9.52. The molecule has 7 rings (SSSR count). The number of anilines is 1. The Morgan fingerprint density at radius 2 is 2.03 bits per heavy atom. The van der Waals surface area contributed by atoms with E-state index in [9.17, 15) is 9.18 Å². The summed E-state index contributed by atoms with van der Waals surface area (Å²) in [4.78, 5) is 23.1. The summed E-state index contributed by atoms with van der Waals surface area (Å²) >= 11 is 0. The van der Waals surface area contributed by atoms with Crippen molar-refractivity contribution < 1.29 is 18.4 Å². The van der Waals surface area contributed by atoms with E-state index in [2.05, 4.69) is 20.0 Å². The normalized spacial score (nSPS) is 23.7. The fourth-order valence-electron chi connectivity index (χ4n) is 5.81. The molecule has 2 saturated heterocycles. The molecule has 0 aliphatic carbocycles. The van der Waals surface area contributed by atoms with Crippen molar-refractivity contribution in [2.45, 2.75) is 44.2 Å². The first-order valence-corrected chi connectivity index (χ1v) is 11.8. The summed E-state index contributed by atoms with van der Waals surface area (Å²) in [5, 5.41) is 4.12. The lowest BCUT2D eigenvalue weighted by Gasteiger charge is -2.39. The van der Waals surface area contributed by atoms with Gasteiger partial charge in [0.15, 0.2) is 0 Å². The zero-order valence-corrected chi connectivity index (χ0v) is 19.4. The standard InChI is InChI=1S/C26H22FN5O4/c1-15-20(23(30-36-15)16-2-5-18(27)6-3-16)13-34-21-7-4-17(11-29-21)24-26-10-19(35-24)12-32(26)22-8-9-28-25(33)31(22)14-26/h2-9,11,19,24H,10,12-14H2,1H3. The van der Waals surface area contributed by atoms with Crippen molar-refractivity contribution in [2.75, 3.05) is 11.4 Å². The molecule has 0 radical (unpaired) electrons. The van der Waals surface area contributed by atoms with E-state index >= 15 is 0 Å². The number of hydrogen-bond donors (Lipinski definition) is 0. The monoisotopic (exact) mass is 487 g/mol. The van der Waals surface area contributed by atoms with Crippen molar-refractivity contribution in [1.82, 2.24) is 19.7 Å². The van der Waals surface area contributed by atoms with Gasteiger partial charge in [0.05, 0.1) is 23.8 Å². The van der Waals surface area contributed by atoms with E-state index in [4.69, 9.17) is 14.0 Å². The van der Waals surface area contributed by atoms with Crippen LogP contribution in [0.4, 0.5) is 10.2 Å². The molecule has 1 aromatic carbocycles. The van der Waals surface area contributed by atoms with Crippen LogP contribution in [-0.4, -0.2) is 37.9 Å². The van der Waals surface area contributed by atoms with Gasteiger partial charge in [-0.3, -0.25) is 4.57 Å². The first kappa shape index (κ1) is 21.3. The van der Waals surface area contributed by atoms with Gasteiger partial charge >= 0.3 is 5.69 Å². The van der Waals surface area contributed by atoms with Gasteiger partial charge in [-0.25, -0.2) is 19.2 Å². The van der Waals surface area contributed by atoms with Crippen LogP contribution in [0.5, 0.6) is 5.88 Å². The number of aromatic nitrogens is 4. The predicted molar refractivity (Wildman–Crippen MR) is 126 cm³/mol. The van der Waals surface area contributed by atoms with E-state index in [1.54, 1.807) is 29.1 Å². The lowest BCUT2D eigenvalue weighted by molar-refractivity contribution is 0.00623. The van der Waals surface area contributed by atoms with Crippen LogP contribution in [0.1, 0.15) is 29.4 Å².